The number of sulfonamides is 1. The molecule has 1 saturated heterocycles. The maximum Gasteiger partial charge on any atom is 0.246 e. The summed E-state index contributed by atoms with van der Waals surface area (Å²) < 4.78 is 28.3. The average Bonchev–Trinajstić information content (AvgIpc) is 3.07. The van der Waals surface area contributed by atoms with E-state index in [-0.39, 0.29) is 5.92 Å². The van der Waals surface area contributed by atoms with Crippen LogP contribution in [0.15, 0.2) is 23.4 Å². The molecule has 1 aliphatic rings. The largest absolute Gasteiger partial charge is 0.282 e. The lowest BCUT2D eigenvalue weighted by Crippen LogP contribution is -2.29. The van der Waals surface area contributed by atoms with Crippen molar-refractivity contribution in [3.05, 3.63) is 29.8 Å². The van der Waals surface area contributed by atoms with Crippen LogP contribution in [0.4, 0.5) is 0 Å². The summed E-state index contributed by atoms with van der Waals surface area (Å²) in [6.07, 6.45) is 4.06. The topological polar surface area (TPSA) is 83.9 Å². The van der Waals surface area contributed by atoms with Crippen LogP contribution in [0.2, 0.25) is 0 Å². The Hall–Kier alpha value is -1.67. The molecular formula is C12H17N5O2S. The summed E-state index contributed by atoms with van der Waals surface area (Å²) in [5, 5.41) is 11.0. The van der Waals surface area contributed by atoms with Crippen LogP contribution in [0.1, 0.15) is 23.7 Å². The van der Waals surface area contributed by atoms with Gasteiger partial charge in [-0.15, -0.1) is 0 Å². The van der Waals surface area contributed by atoms with Crippen molar-refractivity contribution in [3.8, 4) is 0 Å². The van der Waals surface area contributed by atoms with E-state index in [1.165, 1.54) is 8.99 Å². The summed E-state index contributed by atoms with van der Waals surface area (Å²) in [6, 6.07) is 1.90. The van der Waals surface area contributed by atoms with E-state index in [0.29, 0.717) is 23.7 Å². The van der Waals surface area contributed by atoms with Crippen molar-refractivity contribution >= 4 is 10.0 Å². The van der Waals surface area contributed by atoms with Crippen LogP contribution in [-0.4, -0.2) is 45.8 Å². The van der Waals surface area contributed by atoms with E-state index in [4.69, 9.17) is 0 Å². The molecule has 1 atom stereocenters. The van der Waals surface area contributed by atoms with Gasteiger partial charge in [0.05, 0.1) is 5.69 Å². The number of nitrogens with one attached hydrogen (secondary N) is 1. The molecule has 0 bridgehead atoms. The first-order valence-electron chi connectivity index (χ1n) is 6.48. The fraction of sp³-hybridized carbons (Fsp3) is 0.500. The fourth-order valence-corrected chi connectivity index (χ4v) is 4.36. The zero-order chi connectivity index (χ0) is 14.3. The van der Waals surface area contributed by atoms with Gasteiger partial charge in [-0.3, -0.25) is 9.78 Å². The van der Waals surface area contributed by atoms with Crippen LogP contribution in [0.3, 0.4) is 0 Å². The maximum atomic E-state index is 12.6. The zero-order valence-corrected chi connectivity index (χ0v) is 12.3. The van der Waals surface area contributed by atoms with Gasteiger partial charge in [0, 0.05) is 44.1 Å². The predicted molar refractivity (Wildman–Crippen MR) is 72.6 cm³/mol. The molecule has 0 radical (unpaired) electrons. The molecule has 0 saturated carbocycles. The van der Waals surface area contributed by atoms with Crippen LogP contribution in [0.25, 0.3) is 0 Å². The molecule has 0 aliphatic carbocycles. The molecule has 3 rings (SSSR count). The van der Waals surface area contributed by atoms with Crippen molar-refractivity contribution in [1.82, 2.24) is 24.3 Å². The van der Waals surface area contributed by atoms with Crippen molar-refractivity contribution in [2.45, 2.75) is 24.2 Å². The van der Waals surface area contributed by atoms with Gasteiger partial charge in [0.25, 0.3) is 0 Å². The van der Waals surface area contributed by atoms with Gasteiger partial charge >= 0.3 is 0 Å². The number of aromatic amines is 1. The van der Waals surface area contributed by atoms with Crippen LogP contribution in [-0.2, 0) is 17.1 Å². The minimum absolute atomic E-state index is 0.184. The molecule has 8 heteroatoms. The Balaban J connectivity index is 1.85. The lowest BCUT2D eigenvalue weighted by atomic mass is 10.1. The summed E-state index contributed by atoms with van der Waals surface area (Å²) in [6.45, 7) is 2.73. The Labute approximate surface area is 117 Å². The normalized spacial score (nSPS) is 20.6. The first-order valence-corrected chi connectivity index (χ1v) is 7.92. The molecule has 7 nitrogen and oxygen atoms in total. The van der Waals surface area contributed by atoms with E-state index >= 15 is 0 Å². The highest BCUT2D eigenvalue weighted by molar-refractivity contribution is 7.89. The van der Waals surface area contributed by atoms with Crippen molar-refractivity contribution in [3.63, 3.8) is 0 Å². The molecular weight excluding hydrogens is 278 g/mol. The minimum Gasteiger partial charge on any atom is -0.282 e. The number of rotatable bonds is 3. The van der Waals surface area contributed by atoms with Crippen molar-refractivity contribution in [2.75, 3.05) is 13.1 Å². The van der Waals surface area contributed by atoms with Gasteiger partial charge < -0.3 is 0 Å². The second-order valence-corrected chi connectivity index (χ2v) is 7.02. The van der Waals surface area contributed by atoms with Crippen LogP contribution >= 0.6 is 0 Å². The average molecular weight is 295 g/mol. The number of hydrogen-bond acceptors (Lipinski definition) is 4. The summed E-state index contributed by atoms with van der Waals surface area (Å²) >= 11 is 0. The third-order valence-electron chi connectivity index (χ3n) is 3.70. The van der Waals surface area contributed by atoms with Crippen molar-refractivity contribution < 1.29 is 8.42 Å². The molecule has 1 N–H and O–H groups in total. The summed E-state index contributed by atoms with van der Waals surface area (Å²) in [7, 11) is -1.73. The molecule has 20 heavy (non-hydrogen) atoms. The Morgan fingerprint density at radius 1 is 1.45 bits per heavy atom. The Kier molecular flexibility index (Phi) is 3.14. The Bertz CT molecular complexity index is 704. The SMILES string of the molecule is Cc1nn(C)cc1S(=O)(=O)N1CCC(c2ccn[nH]2)C1. The van der Waals surface area contributed by atoms with Crippen LogP contribution in [0, 0.1) is 6.92 Å². The van der Waals surface area contributed by atoms with Gasteiger partial charge in [-0.2, -0.15) is 14.5 Å². The molecule has 1 aliphatic heterocycles. The highest BCUT2D eigenvalue weighted by atomic mass is 32.2. The van der Waals surface area contributed by atoms with Crippen LogP contribution in [0.5, 0.6) is 0 Å². The van der Waals surface area contributed by atoms with E-state index in [0.717, 1.165) is 12.1 Å². The van der Waals surface area contributed by atoms with E-state index < -0.39 is 10.0 Å². The summed E-state index contributed by atoms with van der Waals surface area (Å²) in [4.78, 5) is 0.297. The van der Waals surface area contributed by atoms with Crippen molar-refractivity contribution in [2.24, 2.45) is 7.05 Å². The fourth-order valence-electron chi connectivity index (χ4n) is 2.66. The smallest absolute Gasteiger partial charge is 0.246 e. The van der Waals surface area contributed by atoms with Crippen LogP contribution < -0.4 is 0 Å². The number of nitrogens with zero attached hydrogens (tertiary/aromatic N) is 4. The highest BCUT2D eigenvalue weighted by Gasteiger charge is 2.35. The predicted octanol–water partition coefficient (Wildman–Crippen LogP) is 0.630. The quantitative estimate of drug-likeness (QED) is 0.900. The van der Waals surface area contributed by atoms with E-state index in [2.05, 4.69) is 15.3 Å². The second kappa shape index (κ2) is 4.71. The van der Waals surface area contributed by atoms with E-state index in [1.54, 1.807) is 26.4 Å². The second-order valence-electron chi connectivity index (χ2n) is 5.11. The first kappa shape index (κ1) is 13.3. The monoisotopic (exact) mass is 295 g/mol. The van der Waals surface area contributed by atoms with Gasteiger partial charge in [-0.25, -0.2) is 8.42 Å². The lowest BCUT2D eigenvalue weighted by molar-refractivity contribution is 0.471. The third kappa shape index (κ3) is 2.14. The molecule has 0 amide bonds. The lowest BCUT2D eigenvalue weighted by Gasteiger charge is -2.15. The summed E-state index contributed by atoms with van der Waals surface area (Å²) in [5.74, 6) is 0.184. The maximum absolute atomic E-state index is 12.6. The van der Waals surface area contributed by atoms with Gasteiger partial charge in [0.1, 0.15) is 4.90 Å². The molecule has 2 aromatic rings. The standard InChI is InChI=1S/C12H17N5O2S/c1-9-12(8-16(2)15-9)20(18,19)17-6-4-10(7-17)11-3-5-13-14-11/h3,5,8,10H,4,6-7H2,1-2H3,(H,13,14). The molecule has 3 heterocycles. The highest BCUT2D eigenvalue weighted by Crippen LogP contribution is 2.30. The van der Waals surface area contributed by atoms with Gasteiger partial charge in [-0.05, 0) is 19.4 Å². The number of H-pyrrole nitrogens is 1. The van der Waals surface area contributed by atoms with Gasteiger partial charge in [0.15, 0.2) is 0 Å². The van der Waals surface area contributed by atoms with E-state index in [9.17, 15) is 8.42 Å². The van der Waals surface area contributed by atoms with E-state index in [1.807, 2.05) is 6.07 Å². The molecule has 0 spiro atoms. The Morgan fingerprint density at radius 3 is 2.85 bits per heavy atom. The van der Waals surface area contributed by atoms with Gasteiger partial charge in [-0.1, -0.05) is 0 Å². The molecule has 1 fully saturated rings. The van der Waals surface area contributed by atoms with Gasteiger partial charge in [0.2, 0.25) is 10.0 Å². The van der Waals surface area contributed by atoms with Crippen molar-refractivity contribution in [1.29, 1.82) is 0 Å². The molecule has 2 aromatic heterocycles. The molecule has 108 valence electrons. The minimum atomic E-state index is -3.46. The first-order chi connectivity index (χ1) is 9.48. The number of hydrogen-bond donors (Lipinski definition) is 1. The summed E-state index contributed by atoms with van der Waals surface area (Å²) in [5.41, 5.74) is 1.53. The molecule has 0 aromatic carbocycles. The Morgan fingerprint density at radius 2 is 2.25 bits per heavy atom. The number of aromatic nitrogens is 4. The number of aryl methyl sites for hydroxylation is 2. The third-order valence-corrected chi connectivity index (χ3v) is 5.67. The zero-order valence-electron chi connectivity index (χ0n) is 11.4. The molecule has 1 unspecified atom stereocenters.